The minimum absolute atomic E-state index is 0.0365. The average Bonchev–Trinajstić information content (AvgIpc) is 2.71. The van der Waals surface area contributed by atoms with Crippen LogP contribution in [0.25, 0.3) is 0 Å². The number of carbonyl (C=O) groups excluding carboxylic acids is 2. The molecule has 0 amide bonds. The van der Waals surface area contributed by atoms with Crippen LogP contribution in [0.1, 0.15) is 47.7 Å². The van der Waals surface area contributed by atoms with E-state index in [0.717, 1.165) is 11.1 Å². The summed E-state index contributed by atoms with van der Waals surface area (Å²) < 4.78 is 0. The Bertz CT molecular complexity index is 982. The molecule has 2 atom stereocenters. The van der Waals surface area contributed by atoms with Crippen LogP contribution < -0.4 is 0 Å². The molecule has 0 aromatic heterocycles. The number of carbonyl (C=O) groups is 2. The van der Waals surface area contributed by atoms with Gasteiger partial charge in [0.05, 0.1) is 16.4 Å². The van der Waals surface area contributed by atoms with Crippen LogP contribution in [0.2, 0.25) is 0 Å². The molecular formula is C23H23NO4S. The highest BCUT2D eigenvalue weighted by atomic mass is 32.2. The van der Waals surface area contributed by atoms with Crippen LogP contribution in [0.15, 0.2) is 65.1 Å². The van der Waals surface area contributed by atoms with Gasteiger partial charge in [-0.05, 0) is 18.2 Å². The fraction of sp³-hybridized carbons (Fsp3) is 0.304. The van der Waals surface area contributed by atoms with Gasteiger partial charge >= 0.3 is 0 Å². The first-order valence-corrected chi connectivity index (χ1v) is 10.5. The number of aryl methyl sites for hydroxylation is 1. The first-order chi connectivity index (χ1) is 13.8. The van der Waals surface area contributed by atoms with Gasteiger partial charge in [0.15, 0.2) is 11.6 Å². The van der Waals surface area contributed by atoms with Crippen molar-refractivity contribution in [1.82, 2.24) is 0 Å². The number of hydrogen-bond acceptors (Lipinski definition) is 5. The van der Waals surface area contributed by atoms with Gasteiger partial charge in [-0.15, -0.1) is 11.8 Å². The normalized spacial score (nSPS) is 21.9. The topological polar surface area (TPSA) is 77.3 Å². The number of benzene rings is 2. The molecule has 0 aliphatic heterocycles. The summed E-state index contributed by atoms with van der Waals surface area (Å²) in [5.74, 6) is -0.883. The smallest absolute Gasteiger partial charge is 0.258 e. The summed E-state index contributed by atoms with van der Waals surface area (Å²) in [7, 11) is 0. The fourth-order valence-corrected chi connectivity index (χ4v) is 4.95. The Kier molecular flexibility index (Phi) is 6.03. The van der Waals surface area contributed by atoms with Gasteiger partial charge in [-0.1, -0.05) is 67.1 Å². The number of rotatable bonds is 6. The predicted molar refractivity (Wildman–Crippen MR) is 115 cm³/mol. The molecule has 0 bridgehead atoms. The van der Waals surface area contributed by atoms with Crippen LogP contribution in [0.3, 0.4) is 0 Å². The lowest BCUT2D eigenvalue weighted by Crippen LogP contribution is -2.48. The molecule has 0 radical (unpaired) electrons. The molecule has 3 rings (SSSR count). The predicted octanol–water partition coefficient (Wildman–Crippen LogP) is 4.98. The molecule has 1 aliphatic rings. The van der Waals surface area contributed by atoms with Gasteiger partial charge in [-0.2, -0.15) is 0 Å². The van der Waals surface area contributed by atoms with Crippen LogP contribution in [0, 0.1) is 17.0 Å². The molecule has 2 aromatic carbocycles. The lowest BCUT2D eigenvalue weighted by Gasteiger charge is -2.36. The second-order valence-corrected chi connectivity index (χ2v) is 8.60. The van der Waals surface area contributed by atoms with Crippen LogP contribution in [-0.2, 0) is 4.79 Å². The molecule has 1 aliphatic carbocycles. The summed E-state index contributed by atoms with van der Waals surface area (Å²) in [6.45, 7) is 5.35. The van der Waals surface area contributed by atoms with Crippen molar-refractivity contribution < 1.29 is 14.5 Å². The van der Waals surface area contributed by atoms with Crippen LogP contribution in [-0.4, -0.2) is 27.8 Å². The highest BCUT2D eigenvalue weighted by Crippen LogP contribution is 2.49. The highest BCUT2D eigenvalue weighted by Gasteiger charge is 2.56. The van der Waals surface area contributed by atoms with Crippen molar-refractivity contribution in [1.29, 1.82) is 0 Å². The Morgan fingerprint density at radius 2 is 1.79 bits per heavy atom. The fourth-order valence-electron chi connectivity index (χ4n) is 3.80. The zero-order chi connectivity index (χ0) is 21.2. The summed E-state index contributed by atoms with van der Waals surface area (Å²) in [6.07, 6.45) is -0.0672. The molecule has 0 N–H and O–H groups in total. The monoisotopic (exact) mass is 409 g/mol. The second-order valence-electron chi connectivity index (χ2n) is 7.33. The maximum Gasteiger partial charge on any atom is 0.258 e. The van der Waals surface area contributed by atoms with E-state index in [1.807, 2.05) is 38.1 Å². The van der Waals surface area contributed by atoms with E-state index in [1.54, 1.807) is 37.3 Å². The van der Waals surface area contributed by atoms with Gasteiger partial charge in [0.1, 0.15) is 0 Å². The van der Waals surface area contributed by atoms with Crippen molar-refractivity contribution in [2.75, 3.05) is 5.75 Å². The number of nitro groups is 1. The summed E-state index contributed by atoms with van der Waals surface area (Å²) in [5, 5.41) is 12.4. The SMILES string of the molecule is CCSC1=C(C(=O)c2ccccc2)C(=O)CC(c2ccc(C)cc2)C1(C)[N+](=O)[O-]. The zero-order valence-corrected chi connectivity index (χ0v) is 17.5. The van der Waals surface area contributed by atoms with E-state index >= 15 is 0 Å². The van der Waals surface area contributed by atoms with Gasteiger partial charge in [-0.3, -0.25) is 19.7 Å². The average molecular weight is 410 g/mol. The largest absolute Gasteiger partial charge is 0.294 e. The molecule has 0 heterocycles. The maximum atomic E-state index is 13.2. The van der Waals surface area contributed by atoms with E-state index in [2.05, 4.69) is 0 Å². The van der Waals surface area contributed by atoms with E-state index in [4.69, 9.17) is 0 Å². The Balaban J connectivity index is 2.22. The molecule has 0 saturated heterocycles. The molecule has 2 aromatic rings. The van der Waals surface area contributed by atoms with Gasteiger partial charge in [-0.25, -0.2) is 0 Å². The quantitative estimate of drug-likeness (QED) is 0.291. The summed E-state index contributed by atoms with van der Waals surface area (Å²) >= 11 is 1.22. The first-order valence-electron chi connectivity index (χ1n) is 9.52. The third-order valence-corrected chi connectivity index (χ3v) is 6.64. The molecule has 29 heavy (non-hydrogen) atoms. The number of Topliss-reactive ketones (excluding diaryl/α,β-unsaturated/α-hetero) is 2. The van der Waals surface area contributed by atoms with Crippen LogP contribution >= 0.6 is 11.8 Å². The van der Waals surface area contributed by atoms with E-state index in [9.17, 15) is 19.7 Å². The van der Waals surface area contributed by atoms with Crippen molar-refractivity contribution in [2.45, 2.75) is 38.6 Å². The second kappa shape index (κ2) is 8.33. The van der Waals surface area contributed by atoms with Gasteiger partial charge in [0.2, 0.25) is 0 Å². The lowest BCUT2D eigenvalue weighted by molar-refractivity contribution is -0.556. The van der Waals surface area contributed by atoms with Gasteiger partial charge in [0.25, 0.3) is 5.54 Å². The summed E-state index contributed by atoms with van der Waals surface area (Å²) in [5.41, 5.74) is 0.555. The number of allylic oxidation sites excluding steroid dienone is 1. The zero-order valence-electron chi connectivity index (χ0n) is 16.7. The van der Waals surface area contributed by atoms with Crippen molar-refractivity contribution in [3.8, 4) is 0 Å². The van der Waals surface area contributed by atoms with Crippen molar-refractivity contribution in [3.05, 3.63) is 91.9 Å². The summed E-state index contributed by atoms with van der Waals surface area (Å²) in [4.78, 5) is 38.6. The molecule has 0 fully saturated rings. The van der Waals surface area contributed by atoms with Crippen molar-refractivity contribution in [3.63, 3.8) is 0 Å². The molecular weight excluding hydrogens is 386 g/mol. The van der Waals surface area contributed by atoms with E-state index in [1.165, 1.54) is 11.8 Å². The standard InChI is InChI=1S/C23H23NO4S/c1-4-29-22-20(21(26)17-8-6-5-7-9-17)19(25)14-18(23(22,3)24(27)28)16-12-10-15(2)11-13-16/h5-13,18H,4,14H2,1-3H3. The molecule has 150 valence electrons. The van der Waals surface area contributed by atoms with Gasteiger partial charge in [0, 0.05) is 23.8 Å². The Morgan fingerprint density at radius 3 is 2.34 bits per heavy atom. The molecule has 0 spiro atoms. The first kappa shape index (κ1) is 21.0. The minimum atomic E-state index is -1.55. The third-order valence-electron chi connectivity index (χ3n) is 5.44. The molecule has 0 saturated carbocycles. The summed E-state index contributed by atoms with van der Waals surface area (Å²) in [6, 6.07) is 15.9. The number of thioether (sulfide) groups is 1. The van der Waals surface area contributed by atoms with E-state index in [0.29, 0.717) is 11.3 Å². The molecule has 6 heteroatoms. The minimum Gasteiger partial charge on any atom is -0.294 e. The number of ketones is 2. The number of nitrogens with zero attached hydrogens (tertiary/aromatic N) is 1. The third kappa shape index (κ3) is 3.77. The Hall–Kier alpha value is -2.73. The maximum absolute atomic E-state index is 13.2. The van der Waals surface area contributed by atoms with E-state index < -0.39 is 17.2 Å². The van der Waals surface area contributed by atoms with Gasteiger partial charge < -0.3 is 0 Å². The van der Waals surface area contributed by atoms with Crippen LogP contribution in [0.5, 0.6) is 0 Å². The number of hydrogen-bond donors (Lipinski definition) is 0. The van der Waals surface area contributed by atoms with E-state index in [-0.39, 0.29) is 27.6 Å². The lowest BCUT2D eigenvalue weighted by atomic mass is 9.70. The molecule has 5 nitrogen and oxygen atoms in total. The Labute approximate surface area is 174 Å². The highest BCUT2D eigenvalue weighted by molar-refractivity contribution is 8.03. The van der Waals surface area contributed by atoms with Crippen molar-refractivity contribution in [2.24, 2.45) is 0 Å². The molecule has 2 unspecified atom stereocenters. The van der Waals surface area contributed by atoms with Crippen molar-refractivity contribution >= 4 is 23.3 Å². The van der Waals surface area contributed by atoms with Crippen LogP contribution in [0.4, 0.5) is 0 Å². The Morgan fingerprint density at radius 1 is 1.17 bits per heavy atom.